The van der Waals surface area contributed by atoms with E-state index in [-0.39, 0.29) is 5.38 Å². The van der Waals surface area contributed by atoms with E-state index in [0.29, 0.717) is 5.92 Å². The summed E-state index contributed by atoms with van der Waals surface area (Å²) in [5.74, 6) is 0.579. The van der Waals surface area contributed by atoms with Gasteiger partial charge >= 0.3 is 0 Å². The van der Waals surface area contributed by atoms with Crippen LogP contribution in [0.2, 0.25) is 0 Å². The number of hydrogen-bond donors (Lipinski definition) is 0. The highest BCUT2D eigenvalue weighted by Gasteiger charge is 2.17. The van der Waals surface area contributed by atoms with Gasteiger partial charge in [0.2, 0.25) is 0 Å². The van der Waals surface area contributed by atoms with E-state index in [4.69, 9.17) is 16.3 Å². The first-order chi connectivity index (χ1) is 6.75. The lowest BCUT2D eigenvalue weighted by Crippen LogP contribution is -2.11. The van der Waals surface area contributed by atoms with Gasteiger partial charge in [-0.3, -0.25) is 4.68 Å². The minimum Gasteiger partial charge on any atom is -0.381 e. The van der Waals surface area contributed by atoms with E-state index in [1.807, 2.05) is 17.8 Å². The van der Waals surface area contributed by atoms with Crippen molar-refractivity contribution in [2.24, 2.45) is 5.92 Å². The highest BCUT2D eigenvalue weighted by molar-refractivity contribution is 6.20. The number of aromatic nitrogens is 3. The lowest BCUT2D eigenvalue weighted by atomic mass is 10.1. The van der Waals surface area contributed by atoms with Crippen LogP contribution >= 0.6 is 11.6 Å². The van der Waals surface area contributed by atoms with Crippen LogP contribution in [0.4, 0.5) is 0 Å². The topological polar surface area (TPSA) is 39.9 Å². The third-order valence-corrected chi connectivity index (χ3v) is 2.66. The molecule has 1 aromatic heterocycles. The molecular formula is C9H14ClN3O. The maximum atomic E-state index is 5.89. The maximum absolute atomic E-state index is 5.89. The molecule has 1 aliphatic heterocycles. The van der Waals surface area contributed by atoms with E-state index >= 15 is 0 Å². The van der Waals surface area contributed by atoms with Gasteiger partial charge in [-0.2, -0.15) is 0 Å². The number of alkyl halides is 1. The van der Waals surface area contributed by atoms with Crippen LogP contribution in [0.15, 0.2) is 6.20 Å². The summed E-state index contributed by atoms with van der Waals surface area (Å²) in [5, 5.41) is 7.96. The average Bonchev–Trinajstić information content (AvgIpc) is 2.75. The zero-order valence-corrected chi connectivity index (χ0v) is 8.94. The first-order valence-corrected chi connectivity index (χ1v) is 5.31. The number of halogens is 1. The SMILES string of the molecule is CC(Cl)c1cn(CC2CCOC2)nn1. The molecule has 0 bridgehead atoms. The summed E-state index contributed by atoms with van der Waals surface area (Å²) in [6, 6.07) is 0. The first-order valence-electron chi connectivity index (χ1n) is 4.87. The number of hydrogen-bond acceptors (Lipinski definition) is 3. The second kappa shape index (κ2) is 4.28. The largest absolute Gasteiger partial charge is 0.381 e. The van der Waals surface area contributed by atoms with E-state index < -0.39 is 0 Å². The second-order valence-electron chi connectivity index (χ2n) is 3.71. The Morgan fingerprint density at radius 2 is 2.64 bits per heavy atom. The molecule has 0 saturated carbocycles. The van der Waals surface area contributed by atoms with Gasteiger partial charge < -0.3 is 4.74 Å². The molecule has 0 radical (unpaired) electrons. The minimum absolute atomic E-state index is 0.0661. The van der Waals surface area contributed by atoms with E-state index in [1.54, 1.807) is 0 Å². The molecule has 0 aromatic carbocycles. The van der Waals surface area contributed by atoms with Crippen molar-refractivity contribution < 1.29 is 4.74 Å². The number of rotatable bonds is 3. The van der Waals surface area contributed by atoms with Crippen molar-refractivity contribution in [3.05, 3.63) is 11.9 Å². The standard InChI is InChI=1S/C9H14ClN3O/c1-7(10)9-5-13(12-11-9)4-8-2-3-14-6-8/h5,7-8H,2-4,6H2,1H3. The summed E-state index contributed by atoms with van der Waals surface area (Å²) >= 11 is 5.89. The van der Waals surface area contributed by atoms with Gasteiger partial charge in [0.25, 0.3) is 0 Å². The molecule has 2 atom stereocenters. The number of nitrogens with zero attached hydrogens (tertiary/aromatic N) is 3. The van der Waals surface area contributed by atoms with Crippen molar-refractivity contribution in [2.75, 3.05) is 13.2 Å². The molecule has 4 nitrogen and oxygen atoms in total. The van der Waals surface area contributed by atoms with Crippen LogP contribution in [0.5, 0.6) is 0 Å². The fourth-order valence-electron chi connectivity index (χ4n) is 1.58. The Morgan fingerprint density at radius 1 is 1.79 bits per heavy atom. The van der Waals surface area contributed by atoms with Gasteiger partial charge in [0.1, 0.15) is 5.69 Å². The maximum Gasteiger partial charge on any atom is 0.100 e. The zero-order chi connectivity index (χ0) is 9.97. The first kappa shape index (κ1) is 9.93. The summed E-state index contributed by atoms with van der Waals surface area (Å²) in [6.07, 6.45) is 3.03. The third-order valence-electron chi connectivity index (χ3n) is 2.43. The van der Waals surface area contributed by atoms with Crippen molar-refractivity contribution in [2.45, 2.75) is 25.3 Å². The summed E-state index contributed by atoms with van der Waals surface area (Å²) in [5.41, 5.74) is 0.839. The molecule has 2 unspecified atom stereocenters. The average molecular weight is 216 g/mol. The molecule has 14 heavy (non-hydrogen) atoms. The Bertz CT molecular complexity index is 294. The fourth-order valence-corrected chi connectivity index (χ4v) is 1.68. The molecule has 2 heterocycles. The van der Waals surface area contributed by atoms with Crippen molar-refractivity contribution >= 4 is 11.6 Å². The Kier molecular flexibility index (Phi) is 3.03. The summed E-state index contributed by atoms with van der Waals surface area (Å²) in [7, 11) is 0. The van der Waals surface area contributed by atoms with Gasteiger partial charge in [-0.15, -0.1) is 16.7 Å². The zero-order valence-electron chi connectivity index (χ0n) is 8.19. The fraction of sp³-hybridized carbons (Fsp3) is 0.778. The van der Waals surface area contributed by atoms with Gasteiger partial charge in [-0.1, -0.05) is 5.21 Å². The smallest absolute Gasteiger partial charge is 0.100 e. The van der Waals surface area contributed by atoms with Crippen molar-refractivity contribution in [3.63, 3.8) is 0 Å². The highest BCUT2D eigenvalue weighted by atomic mass is 35.5. The lowest BCUT2D eigenvalue weighted by molar-refractivity contribution is 0.181. The van der Waals surface area contributed by atoms with Gasteiger partial charge in [0.05, 0.1) is 12.0 Å². The van der Waals surface area contributed by atoms with E-state index in [2.05, 4.69) is 10.3 Å². The third kappa shape index (κ3) is 2.25. The molecule has 0 spiro atoms. The molecule has 0 amide bonds. The lowest BCUT2D eigenvalue weighted by Gasteiger charge is -2.05. The van der Waals surface area contributed by atoms with Gasteiger partial charge in [0, 0.05) is 25.3 Å². The molecule has 0 N–H and O–H groups in total. The summed E-state index contributed by atoms with van der Waals surface area (Å²) in [6.45, 7) is 4.49. The van der Waals surface area contributed by atoms with Crippen LogP contribution in [0.25, 0.3) is 0 Å². The normalized spacial score (nSPS) is 24.0. The Labute approximate surface area is 88.2 Å². The van der Waals surface area contributed by atoms with Gasteiger partial charge in [0.15, 0.2) is 0 Å². The molecule has 1 aliphatic rings. The van der Waals surface area contributed by atoms with Crippen molar-refractivity contribution in [3.8, 4) is 0 Å². The van der Waals surface area contributed by atoms with Crippen LogP contribution in [-0.4, -0.2) is 28.2 Å². The molecule has 5 heteroatoms. The molecule has 78 valence electrons. The minimum atomic E-state index is -0.0661. The van der Waals surface area contributed by atoms with E-state index in [0.717, 1.165) is 31.9 Å². The van der Waals surface area contributed by atoms with E-state index in [9.17, 15) is 0 Å². The molecule has 0 aliphatic carbocycles. The molecular weight excluding hydrogens is 202 g/mol. The highest BCUT2D eigenvalue weighted by Crippen LogP contribution is 2.18. The van der Waals surface area contributed by atoms with Crippen LogP contribution in [0.3, 0.4) is 0 Å². The van der Waals surface area contributed by atoms with Crippen molar-refractivity contribution in [1.29, 1.82) is 0 Å². The summed E-state index contributed by atoms with van der Waals surface area (Å²) in [4.78, 5) is 0. The molecule has 1 fully saturated rings. The predicted molar refractivity (Wildman–Crippen MR) is 53.2 cm³/mol. The quantitative estimate of drug-likeness (QED) is 0.720. The van der Waals surface area contributed by atoms with Crippen LogP contribution in [0, 0.1) is 5.92 Å². The van der Waals surface area contributed by atoms with Crippen LogP contribution in [0.1, 0.15) is 24.4 Å². The van der Waals surface area contributed by atoms with E-state index in [1.165, 1.54) is 0 Å². The monoisotopic (exact) mass is 215 g/mol. The number of ether oxygens (including phenoxy) is 1. The second-order valence-corrected chi connectivity index (χ2v) is 4.37. The van der Waals surface area contributed by atoms with Crippen molar-refractivity contribution in [1.82, 2.24) is 15.0 Å². The van der Waals surface area contributed by atoms with Gasteiger partial charge in [-0.05, 0) is 13.3 Å². The molecule has 1 aromatic rings. The molecule has 2 rings (SSSR count). The Morgan fingerprint density at radius 3 is 3.21 bits per heavy atom. The molecule has 1 saturated heterocycles. The van der Waals surface area contributed by atoms with Crippen LogP contribution in [-0.2, 0) is 11.3 Å². The van der Waals surface area contributed by atoms with Crippen LogP contribution < -0.4 is 0 Å². The Balaban J connectivity index is 1.95. The summed E-state index contributed by atoms with van der Waals surface area (Å²) < 4.78 is 7.15. The van der Waals surface area contributed by atoms with Gasteiger partial charge in [-0.25, -0.2) is 0 Å². The predicted octanol–water partition coefficient (Wildman–Crippen LogP) is 1.61. The Hall–Kier alpha value is -0.610.